The van der Waals surface area contributed by atoms with Crippen LogP contribution in [0.3, 0.4) is 0 Å². The molecule has 1 saturated carbocycles. The van der Waals surface area contributed by atoms with Crippen LogP contribution in [0.4, 0.5) is 0 Å². The Labute approximate surface area is 181 Å². The summed E-state index contributed by atoms with van der Waals surface area (Å²) in [5, 5.41) is 5.39. The van der Waals surface area contributed by atoms with Gasteiger partial charge in [0.2, 0.25) is 17.7 Å². The number of imide groups is 1. The molecule has 0 spiro atoms. The zero-order valence-corrected chi connectivity index (χ0v) is 17.9. The lowest BCUT2D eigenvalue weighted by atomic mass is 9.81. The third-order valence-electron chi connectivity index (χ3n) is 5.68. The number of ether oxygens (including phenoxy) is 2. The van der Waals surface area contributed by atoms with E-state index >= 15 is 0 Å². The minimum Gasteiger partial charge on any atom is -0.493 e. The summed E-state index contributed by atoms with van der Waals surface area (Å²) in [6, 6.07) is 5.11. The van der Waals surface area contributed by atoms with Crippen LogP contribution in [-0.4, -0.2) is 55.3 Å². The van der Waals surface area contributed by atoms with Gasteiger partial charge in [-0.1, -0.05) is 18.9 Å². The molecular formula is C22H29N3O6. The Bertz CT molecular complexity index is 832. The van der Waals surface area contributed by atoms with Crippen LogP contribution in [0, 0.1) is 11.8 Å². The number of benzene rings is 1. The van der Waals surface area contributed by atoms with Gasteiger partial charge in [0.05, 0.1) is 18.9 Å². The summed E-state index contributed by atoms with van der Waals surface area (Å²) in [7, 11) is 1.49. The summed E-state index contributed by atoms with van der Waals surface area (Å²) < 4.78 is 10.8. The fourth-order valence-electron chi connectivity index (χ4n) is 4.12. The Morgan fingerprint density at radius 3 is 2.32 bits per heavy atom. The molecule has 2 N–H and O–H groups in total. The maximum absolute atomic E-state index is 12.5. The maximum Gasteiger partial charge on any atom is 0.257 e. The number of hydrogen-bond donors (Lipinski definition) is 2. The quantitative estimate of drug-likeness (QED) is 0.564. The molecule has 2 atom stereocenters. The van der Waals surface area contributed by atoms with Gasteiger partial charge in [0, 0.05) is 13.1 Å². The summed E-state index contributed by atoms with van der Waals surface area (Å²) in [5.41, 5.74) is 0.753. The molecule has 1 aliphatic heterocycles. The largest absolute Gasteiger partial charge is 0.493 e. The molecule has 1 aromatic rings. The van der Waals surface area contributed by atoms with Crippen LogP contribution in [0.5, 0.6) is 11.5 Å². The Balaban J connectivity index is 1.53. The molecule has 1 aromatic carbocycles. The highest BCUT2D eigenvalue weighted by Crippen LogP contribution is 2.37. The summed E-state index contributed by atoms with van der Waals surface area (Å²) in [5.74, 6) is -0.733. The zero-order chi connectivity index (χ0) is 22.4. The SMILES string of the molecule is CCNC(=O)COc1ccc(CNC(=O)CN2C(=O)C3CCCCC3C2=O)cc1OC. The van der Waals surface area contributed by atoms with Crippen LogP contribution in [0.25, 0.3) is 0 Å². The normalized spacial score (nSPS) is 20.3. The lowest BCUT2D eigenvalue weighted by Crippen LogP contribution is -2.40. The van der Waals surface area contributed by atoms with Crippen molar-refractivity contribution in [1.29, 1.82) is 0 Å². The predicted octanol–water partition coefficient (Wildman–Crippen LogP) is 1.00. The van der Waals surface area contributed by atoms with Gasteiger partial charge in [-0.15, -0.1) is 0 Å². The molecule has 9 nitrogen and oxygen atoms in total. The van der Waals surface area contributed by atoms with Gasteiger partial charge in [-0.2, -0.15) is 0 Å². The Morgan fingerprint density at radius 1 is 1.03 bits per heavy atom. The molecule has 0 aromatic heterocycles. The Hall–Kier alpha value is -3.10. The number of likely N-dealkylation sites (N-methyl/N-ethyl adjacent to an activating group) is 1. The van der Waals surface area contributed by atoms with E-state index in [1.54, 1.807) is 18.2 Å². The molecule has 1 saturated heterocycles. The summed E-state index contributed by atoms with van der Waals surface area (Å²) in [4.78, 5) is 50.0. The van der Waals surface area contributed by atoms with E-state index in [0.717, 1.165) is 36.1 Å². The first-order valence-corrected chi connectivity index (χ1v) is 10.6. The molecule has 31 heavy (non-hydrogen) atoms. The molecule has 4 amide bonds. The average molecular weight is 431 g/mol. The minimum atomic E-state index is -0.393. The van der Waals surface area contributed by atoms with Gasteiger partial charge in [-0.3, -0.25) is 24.1 Å². The van der Waals surface area contributed by atoms with Crippen LogP contribution in [0.15, 0.2) is 18.2 Å². The van der Waals surface area contributed by atoms with Crippen molar-refractivity contribution in [3.63, 3.8) is 0 Å². The van der Waals surface area contributed by atoms with E-state index in [0.29, 0.717) is 18.0 Å². The average Bonchev–Trinajstić information content (AvgIpc) is 3.01. The maximum atomic E-state index is 12.5. The van der Waals surface area contributed by atoms with Gasteiger partial charge in [0.1, 0.15) is 6.54 Å². The second-order valence-corrected chi connectivity index (χ2v) is 7.76. The Morgan fingerprint density at radius 2 is 1.71 bits per heavy atom. The predicted molar refractivity (Wildman–Crippen MR) is 111 cm³/mol. The topological polar surface area (TPSA) is 114 Å². The number of likely N-dealkylation sites (tertiary alicyclic amines) is 1. The molecule has 2 unspecified atom stereocenters. The van der Waals surface area contributed by atoms with Crippen molar-refractivity contribution in [2.24, 2.45) is 11.8 Å². The van der Waals surface area contributed by atoms with Crippen LogP contribution >= 0.6 is 0 Å². The summed E-state index contributed by atoms with van der Waals surface area (Å²) in [6.45, 7) is 2.17. The summed E-state index contributed by atoms with van der Waals surface area (Å²) >= 11 is 0. The molecule has 0 radical (unpaired) electrons. The third-order valence-corrected chi connectivity index (χ3v) is 5.68. The number of hydrogen-bond acceptors (Lipinski definition) is 6. The van der Waals surface area contributed by atoms with Crippen LogP contribution < -0.4 is 20.1 Å². The molecule has 9 heteroatoms. The number of carbonyl (C=O) groups excluding carboxylic acids is 4. The highest BCUT2D eigenvalue weighted by molar-refractivity contribution is 6.07. The van der Waals surface area contributed by atoms with E-state index in [9.17, 15) is 19.2 Å². The number of fused-ring (bicyclic) bond motifs is 1. The molecule has 0 bridgehead atoms. The number of methoxy groups -OCH3 is 1. The lowest BCUT2D eigenvalue weighted by Gasteiger charge is -2.19. The third kappa shape index (κ3) is 5.34. The molecule has 1 heterocycles. The van der Waals surface area contributed by atoms with Crippen molar-refractivity contribution in [2.45, 2.75) is 39.2 Å². The second-order valence-electron chi connectivity index (χ2n) is 7.76. The fraction of sp³-hybridized carbons (Fsp3) is 0.545. The van der Waals surface area contributed by atoms with E-state index in [2.05, 4.69) is 10.6 Å². The monoisotopic (exact) mass is 431 g/mol. The van der Waals surface area contributed by atoms with Crippen LogP contribution in [0.2, 0.25) is 0 Å². The molecule has 2 fully saturated rings. The van der Waals surface area contributed by atoms with Gasteiger partial charge in [-0.25, -0.2) is 0 Å². The van der Waals surface area contributed by atoms with Crippen molar-refractivity contribution in [1.82, 2.24) is 15.5 Å². The van der Waals surface area contributed by atoms with E-state index < -0.39 is 5.91 Å². The van der Waals surface area contributed by atoms with Gasteiger partial charge in [0.25, 0.3) is 5.91 Å². The molecule has 3 rings (SSSR count). The Kier molecular flexibility index (Phi) is 7.49. The summed E-state index contributed by atoms with van der Waals surface area (Å²) in [6.07, 6.45) is 3.35. The van der Waals surface area contributed by atoms with E-state index in [1.165, 1.54) is 7.11 Å². The van der Waals surface area contributed by atoms with Gasteiger partial charge in [-0.05, 0) is 37.5 Å². The van der Waals surface area contributed by atoms with Crippen molar-refractivity contribution in [3.05, 3.63) is 23.8 Å². The van der Waals surface area contributed by atoms with Gasteiger partial charge >= 0.3 is 0 Å². The van der Waals surface area contributed by atoms with E-state index in [4.69, 9.17) is 9.47 Å². The van der Waals surface area contributed by atoms with Crippen molar-refractivity contribution < 1.29 is 28.7 Å². The van der Waals surface area contributed by atoms with Crippen molar-refractivity contribution >= 4 is 23.6 Å². The molecule has 1 aliphatic carbocycles. The second kappa shape index (κ2) is 10.3. The lowest BCUT2D eigenvalue weighted by molar-refractivity contribution is -0.143. The number of nitrogens with one attached hydrogen (secondary N) is 2. The fourth-order valence-corrected chi connectivity index (χ4v) is 4.12. The van der Waals surface area contributed by atoms with E-state index in [-0.39, 0.29) is 49.3 Å². The smallest absolute Gasteiger partial charge is 0.257 e. The van der Waals surface area contributed by atoms with Crippen molar-refractivity contribution in [3.8, 4) is 11.5 Å². The number of nitrogens with zero attached hydrogens (tertiary/aromatic N) is 1. The van der Waals surface area contributed by atoms with Crippen molar-refractivity contribution in [2.75, 3.05) is 26.8 Å². The van der Waals surface area contributed by atoms with Crippen LogP contribution in [0.1, 0.15) is 38.2 Å². The first-order valence-electron chi connectivity index (χ1n) is 10.6. The standard InChI is InChI=1S/C22H29N3O6/c1-3-23-20(27)13-31-17-9-8-14(10-18(17)30-2)11-24-19(26)12-25-21(28)15-6-4-5-7-16(15)22(25)29/h8-10,15-16H,3-7,11-13H2,1-2H3,(H,23,27)(H,24,26). The highest BCUT2D eigenvalue weighted by atomic mass is 16.5. The zero-order valence-electron chi connectivity index (χ0n) is 17.9. The van der Waals surface area contributed by atoms with Crippen LogP contribution in [-0.2, 0) is 25.7 Å². The first-order chi connectivity index (χ1) is 14.9. The number of amides is 4. The first kappa shape index (κ1) is 22.6. The molecular weight excluding hydrogens is 402 g/mol. The number of rotatable bonds is 9. The van der Waals surface area contributed by atoms with E-state index in [1.807, 2.05) is 6.92 Å². The minimum absolute atomic E-state index is 0.125. The molecule has 2 aliphatic rings. The van der Waals surface area contributed by atoms with Gasteiger partial charge < -0.3 is 20.1 Å². The number of carbonyl (C=O) groups is 4. The molecule has 168 valence electrons. The highest BCUT2D eigenvalue weighted by Gasteiger charge is 2.48. The van der Waals surface area contributed by atoms with Gasteiger partial charge in [0.15, 0.2) is 18.1 Å².